The maximum atomic E-state index is 12.4. The first-order valence-electron chi connectivity index (χ1n) is 13.6. The van der Waals surface area contributed by atoms with Gasteiger partial charge in [0.15, 0.2) is 0 Å². The average molecular weight is 484 g/mol. The number of unbranched alkanes of at least 4 members (excludes halogenated alkanes) is 1. The van der Waals surface area contributed by atoms with Crippen LogP contribution in [0.4, 0.5) is 0 Å². The van der Waals surface area contributed by atoms with Crippen LogP contribution in [0.25, 0.3) is 21.8 Å². The third kappa shape index (κ3) is 6.07. The number of nitrogens with zero attached hydrogens (tertiary/aromatic N) is 2. The van der Waals surface area contributed by atoms with Gasteiger partial charge in [0.1, 0.15) is 11.6 Å². The van der Waals surface area contributed by atoms with Crippen LogP contribution in [0.15, 0.2) is 66.7 Å². The van der Waals surface area contributed by atoms with Crippen molar-refractivity contribution in [3.63, 3.8) is 0 Å². The molecular weight excluding hydrogens is 446 g/mol. The highest BCUT2D eigenvalue weighted by molar-refractivity contribution is 5.83. The molecule has 1 aromatic heterocycles. The minimum absolute atomic E-state index is 0.222. The van der Waals surface area contributed by atoms with E-state index >= 15 is 0 Å². The van der Waals surface area contributed by atoms with E-state index in [0.717, 1.165) is 68.7 Å². The van der Waals surface area contributed by atoms with Crippen LogP contribution in [-0.4, -0.2) is 28.6 Å². The van der Waals surface area contributed by atoms with Crippen molar-refractivity contribution in [2.24, 2.45) is 5.92 Å². The largest absolute Gasteiger partial charge is 0.494 e. The fraction of sp³-hybridized carbons (Fsp3) is 0.419. The fourth-order valence-corrected chi connectivity index (χ4v) is 5.35. The molecule has 1 fully saturated rings. The molecule has 5 nitrogen and oxygen atoms in total. The van der Waals surface area contributed by atoms with E-state index in [1.54, 1.807) is 0 Å². The van der Waals surface area contributed by atoms with Gasteiger partial charge >= 0.3 is 0 Å². The average Bonchev–Trinajstić information content (AvgIpc) is 3.28. The van der Waals surface area contributed by atoms with Crippen molar-refractivity contribution in [2.75, 3.05) is 13.2 Å². The Balaban J connectivity index is 1.11. The van der Waals surface area contributed by atoms with E-state index in [0.29, 0.717) is 6.61 Å². The number of para-hydroxylation sites is 2. The first-order chi connectivity index (χ1) is 17.8. The zero-order chi connectivity index (χ0) is 24.6. The number of aryl methyl sites for hydroxylation is 2. The zero-order valence-corrected chi connectivity index (χ0v) is 21.1. The van der Waals surface area contributed by atoms with Gasteiger partial charge in [0, 0.05) is 25.4 Å². The first-order valence-corrected chi connectivity index (χ1v) is 13.6. The van der Waals surface area contributed by atoms with E-state index in [1.807, 2.05) is 6.07 Å². The normalized spacial score (nSPS) is 14.3. The van der Waals surface area contributed by atoms with Gasteiger partial charge < -0.3 is 14.6 Å². The number of nitrogens with one attached hydrogen (secondary N) is 1. The van der Waals surface area contributed by atoms with Crippen LogP contribution in [0.5, 0.6) is 5.75 Å². The summed E-state index contributed by atoms with van der Waals surface area (Å²) in [5.41, 5.74) is 2.24. The molecule has 0 saturated heterocycles. The van der Waals surface area contributed by atoms with Crippen LogP contribution in [0.1, 0.15) is 57.2 Å². The third-order valence-corrected chi connectivity index (χ3v) is 7.35. The monoisotopic (exact) mass is 483 g/mol. The molecular formula is C31H37N3O2. The Labute approximate surface area is 213 Å². The second-order valence-electron chi connectivity index (χ2n) is 9.96. The molecule has 0 bridgehead atoms. The van der Waals surface area contributed by atoms with Crippen molar-refractivity contribution in [1.29, 1.82) is 0 Å². The van der Waals surface area contributed by atoms with Crippen LogP contribution in [0, 0.1) is 5.92 Å². The highest BCUT2D eigenvalue weighted by Gasteiger charge is 2.20. The van der Waals surface area contributed by atoms with Gasteiger partial charge in [-0.15, -0.1) is 0 Å². The lowest BCUT2D eigenvalue weighted by molar-refractivity contribution is -0.125. The van der Waals surface area contributed by atoms with E-state index in [9.17, 15) is 4.79 Å². The van der Waals surface area contributed by atoms with Gasteiger partial charge in [-0.2, -0.15) is 0 Å². The molecule has 5 heteroatoms. The number of carbonyl (C=O) groups excluding carboxylic acids is 1. The molecule has 1 saturated carbocycles. The SMILES string of the molecule is O=C(NCCCc1nc2ccccc2n1CCCCOc1ccc2ccccc2c1)C1CCCCC1. The summed E-state index contributed by atoms with van der Waals surface area (Å²) < 4.78 is 8.39. The maximum absolute atomic E-state index is 12.4. The molecule has 1 aliphatic carbocycles. The van der Waals surface area contributed by atoms with Gasteiger partial charge in [0.05, 0.1) is 17.6 Å². The Morgan fingerprint density at radius 2 is 1.72 bits per heavy atom. The predicted octanol–water partition coefficient (Wildman–Crippen LogP) is 6.68. The van der Waals surface area contributed by atoms with Gasteiger partial charge in [-0.1, -0.05) is 61.7 Å². The Bertz CT molecular complexity index is 1290. The summed E-state index contributed by atoms with van der Waals surface area (Å²) in [6, 6.07) is 23.0. The fourth-order valence-electron chi connectivity index (χ4n) is 5.35. The van der Waals surface area contributed by atoms with Gasteiger partial charge in [-0.3, -0.25) is 4.79 Å². The molecule has 5 rings (SSSR count). The van der Waals surface area contributed by atoms with Crippen LogP contribution in [-0.2, 0) is 17.8 Å². The summed E-state index contributed by atoms with van der Waals surface area (Å²) >= 11 is 0. The molecule has 0 aliphatic heterocycles. The van der Waals surface area contributed by atoms with Gasteiger partial charge in [-0.25, -0.2) is 4.98 Å². The Kier molecular flexibility index (Phi) is 8.17. The molecule has 1 amide bonds. The van der Waals surface area contributed by atoms with Gasteiger partial charge in [0.25, 0.3) is 0 Å². The lowest BCUT2D eigenvalue weighted by Crippen LogP contribution is -2.32. The summed E-state index contributed by atoms with van der Waals surface area (Å²) in [7, 11) is 0. The van der Waals surface area contributed by atoms with E-state index in [4.69, 9.17) is 9.72 Å². The molecule has 36 heavy (non-hydrogen) atoms. The molecule has 4 aromatic rings. The van der Waals surface area contributed by atoms with Crippen molar-refractivity contribution in [2.45, 2.75) is 64.3 Å². The van der Waals surface area contributed by atoms with Crippen molar-refractivity contribution >= 4 is 27.7 Å². The number of carbonyl (C=O) groups is 1. The molecule has 0 spiro atoms. The van der Waals surface area contributed by atoms with Crippen molar-refractivity contribution in [1.82, 2.24) is 14.9 Å². The highest BCUT2D eigenvalue weighted by Crippen LogP contribution is 2.24. The van der Waals surface area contributed by atoms with Crippen LogP contribution < -0.4 is 10.1 Å². The quantitative estimate of drug-likeness (QED) is 0.242. The van der Waals surface area contributed by atoms with E-state index < -0.39 is 0 Å². The Morgan fingerprint density at radius 3 is 2.61 bits per heavy atom. The molecule has 1 heterocycles. The molecule has 0 atom stereocenters. The third-order valence-electron chi connectivity index (χ3n) is 7.35. The van der Waals surface area contributed by atoms with Crippen LogP contribution >= 0.6 is 0 Å². The lowest BCUT2D eigenvalue weighted by Gasteiger charge is -2.20. The number of hydrogen-bond donors (Lipinski definition) is 1. The zero-order valence-electron chi connectivity index (χ0n) is 21.1. The molecule has 188 valence electrons. The summed E-state index contributed by atoms with van der Waals surface area (Å²) in [5, 5.41) is 5.61. The highest BCUT2D eigenvalue weighted by atomic mass is 16.5. The Hall–Kier alpha value is -3.34. The predicted molar refractivity (Wildman–Crippen MR) is 146 cm³/mol. The number of aromatic nitrogens is 2. The second-order valence-corrected chi connectivity index (χ2v) is 9.96. The van der Waals surface area contributed by atoms with E-state index in [1.165, 1.54) is 35.6 Å². The van der Waals surface area contributed by atoms with E-state index in [-0.39, 0.29) is 11.8 Å². The number of rotatable bonds is 11. The topological polar surface area (TPSA) is 56.2 Å². The molecule has 0 radical (unpaired) electrons. The first kappa shape index (κ1) is 24.4. The number of ether oxygens (including phenoxy) is 1. The van der Waals surface area contributed by atoms with Crippen LogP contribution in [0.3, 0.4) is 0 Å². The number of amides is 1. The summed E-state index contributed by atoms with van der Waals surface area (Å²) in [6.45, 7) is 2.34. The molecule has 1 aliphatic rings. The van der Waals surface area contributed by atoms with Gasteiger partial charge in [-0.05, 0) is 67.1 Å². The second kappa shape index (κ2) is 12.1. The summed E-state index contributed by atoms with van der Waals surface area (Å²) in [6.07, 6.45) is 9.54. The number of benzene rings is 3. The van der Waals surface area contributed by atoms with Crippen molar-refractivity contribution in [3.05, 3.63) is 72.6 Å². The number of fused-ring (bicyclic) bond motifs is 2. The minimum atomic E-state index is 0.222. The van der Waals surface area contributed by atoms with E-state index in [2.05, 4.69) is 70.5 Å². The minimum Gasteiger partial charge on any atom is -0.494 e. The number of imidazole rings is 1. The Morgan fingerprint density at radius 1 is 0.917 bits per heavy atom. The molecule has 1 N–H and O–H groups in total. The maximum Gasteiger partial charge on any atom is 0.223 e. The van der Waals surface area contributed by atoms with Crippen molar-refractivity contribution < 1.29 is 9.53 Å². The smallest absolute Gasteiger partial charge is 0.223 e. The van der Waals surface area contributed by atoms with Crippen molar-refractivity contribution in [3.8, 4) is 5.75 Å². The van der Waals surface area contributed by atoms with Gasteiger partial charge in [0.2, 0.25) is 5.91 Å². The van der Waals surface area contributed by atoms with Crippen LogP contribution in [0.2, 0.25) is 0 Å². The summed E-state index contributed by atoms with van der Waals surface area (Å²) in [5.74, 6) is 2.51. The summed E-state index contributed by atoms with van der Waals surface area (Å²) in [4.78, 5) is 17.4. The molecule has 3 aromatic carbocycles. The standard InChI is InChI=1S/C31H37N3O2/c35-31(25-12-2-1-3-13-25)32-20-10-17-30-33-28-15-6-7-16-29(28)34(30)21-8-9-22-36-27-19-18-24-11-4-5-14-26(24)23-27/h4-7,11,14-16,18-19,23,25H,1-3,8-10,12-13,17,20-22H2,(H,32,35). The number of hydrogen-bond acceptors (Lipinski definition) is 3. The molecule has 0 unspecified atom stereocenters. The lowest BCUT2D eigenvalue weighted by atomic mass is 9.89.